The summed E-state index contributed by atoms with van der Waals surface area (Å²) in [6.45, 7) is 13.7. The smallest absolute Gasteiger partial charge is 0.242 e. The van der Waals surface area contributed by atoms with Crippen molar-refractivity contribution in [1.29, 1.82) is 0 Å². The molecule has 3 heteroatoms. The third-order valence-electron chi connectivity index (χ3n) is 16.6. The number of fused-ring (bicyclic) bond motifs is 8. The molecule has 0 spiro atoms. The molecule has 2 heterocycles. The summed E-state index contributed by atoms with van der Waals surface area (Å²) in [5.74, 6) is 1.68. The first-order valence-corrected chi connectivity index (χ1v) is 26.7. The molecule has 2 aliphatic carbocycles. The van der Waals surface area contributed by atoms with Crippen LogP contribution in [0.3, 0.4) is 0 Å². The fourth-order valence-corrected chi connectivity index (χ4v) is 16.5. The fraction of sp³-hybridized carbons (Fsp3) is 0.262. The second kappa shape index (κ2) is 17.2. The van der Waals surface area contributed by atoms with Crippen LogP contribution in [0.5, 0.6) is 0 Å². The third-order valence-corrected chi connectivity index (χ3v) is 19.2. The monoisotopic (exact) mass is 900 g/mol. The predicted octanol–water partition coefficient (Wildman–Crippen LogP) is 16.4. The highest BCUT2D eigenvalue weighted by Gasteiger charge is 2.43. The van der Waals surface area contributed by atoms with Gasteiger partial charge in [0.2, 0.25) is 6.71 Å². The highest BCUT2D eigenvalue weighted by Crippen LogP contribution is 2.56. The van der Waals surface area contributed by atoms with Gasteiger partial charge in [0.25, 0.3) is 0 Å². The van der Waals surface area contributed by atoms with Crippen molar-refractivity contribution in [2.75, 3.05) is 0 Å². The summed E-state index contributed by atoms with van der Waals surface area (Å²) in [6.07, 6.45) is 10.6. The Balaban J connectivity index is 0.867. The maximum absolute atomic E-state index is 6.59. The lowest BCUT2D eigenvalue weighted by Gasteiger charge is -2.48. The lowest BCUT2D eigenvalue weighted by Crippen LogP contribution is -2.55. The predicted molar refractivity (Wildman–Crippen MR) is 295 cm³/mol. The summed E-state index contributed by atoms with van der Waals surface area (Å²) < 4.78 is 6.59. The molecule has 2 atom stereocenters. The topological polar surface area (TPSA) is 13.1 Å². The Hall–Kier alpha value is -6.08. The maximum Gasteiger partial charge on any atom is 0.242 e. The SMILES string of the molecule is Cc1cc(C)c(B(c2ccc3oc4ccc(-c5ccc(C6(CCc7ccc(-p8c9ccccc9c9ccccc98)cc7)CC7CCCC(C7)C6)cc5)cc4c3c2)c2c(C)cc(C)cc2C)c(C)c1. The van der Waals surface area contributed by atoms with Crippen LogP contribution in [0.4, 0.5) is 0 Å². The Labute approximate surface area is 404 Å². The maximum atomic E-state index is 6.59. The minimum atomic E-state index is -0.531. The molecule has 0 N–H and O–H groups in total. The highest BCUT2D eigenvalue weighted by molar-refractivity contribution is 7.67. The largest absolute Gasteiger partial charge is 0.456 e. The van der Waals surface area contributed by atoms with Gasteiger partial charge in [-0.2, -0.15) is 0 Å². The molecular formula is C65H62BOP. The quantitative estimate of drug-likeness (QED) is 0.132. The van der Waals surface area contributed by atoms with E-state index >= 15 is 0 Å². The zero-order valence-corrected chi connectivity index (χ0v) is 41.6. The third kappa shape index (κ3) is 7.56. The average molecular weight is 901 g/mol. The first-order chi connectivity index (χ1) is 33.1. The Morgan fingerprint density at radius 3 is 1.65 bits per heavy atom. The molecule has 2 aliphatic rings. The summed E-state index contributed by atoms with van der Waals surface area (Å²) in [5, 5.41) is 9.65. The zero-order valence-electron chi connectivity index (χ0n) is 40.8. The Morgan fingerprint density at radius 2 is 1.06 bits per heavy atom. The van der Waals surface area contributed by atoms with Crippen LogP contribution in [0.2, 0.25) is 0 Å². The van der Waals surface area contributed by atoms with E-state index in [1.54, 1.807) is 5.56 Å². The van der Waals surface area contributed by atoms with E-state index in [2.05, 4.69) is 199 Å². The van der Waals surface area contributed by atoms with Gasteiger partial charge in [-0.05, 0) is 147 Å². The van der Waals surface area contributed by atoms with E-state index in [-0.39, 0.29) is 12.1 Å². The van der Waals surface area contributed by atoms with E-state index in [0.717, 1.165) is 29.4 Å². The zero-order chi connectivity index (χ0) is 46.3. The van der Waals surface area contributed by atoms with E-state index in [9.17, 15) is 0 Å². The Bertz CT molecular complexity index is 3380. The van der Waals surface area contributed by atoms with Crippen molar-refractivity contribution in [2.24, 2.45) is 11.8 Å². The molecule has 336 valence electrons. The number of hydrogen-bond donors (Lipinski definition) is 0. The van der Waals surface area contributed by atoms with Crippen LogP contribution in [0.1, 0.15) is 89.5 Å². The van der Waals surface area contributed by atoms with Gasteiger partial charge >= 0.3 is 0 Å². The van der Waals surface area contributed by atoms with Gasteiger partial charge in [0, 0.05) is 21.0 Å². The van der Waals surface area contributed by atoms with Crippen LogP contribution in [-0.2, 0) is 11.8 Å². The van der Waals surface area contributed by atoms with Gasteiger partial charge in [-0.25, -0.2) is 0 Å². The van der Waals surface area contributed by atoms with Gasteiger partial charge in [-0.1, -0.05) is 216 Å². The van der Waals surface area contributed by atoms with Crippen molar-refractivity contribution in [2.45, 2.75) is 98.3 Å². The molecule has 0 radical (unpaired) electrons. The van der Waals surface area contributed by atoms with Crippen molar-refractivity contribution in [3.8, 4) is 16.4 Å². The standard InChI is InChI=1S/C65H62BOP/c1-41-32-43(3)63(44(4)33-41)66(64-45(5)34-42(2)35-46(64)6)53-25-29-60-58(38-53)57-37-51(22-28-59(57)67-60)50-20-23-52(24-21-50)65(39-48-12-11-13-49(36-48)40-65)31-30-47-18-26-54(27-19-47)68-61-16-9-7-14-55(61)56-15-8-10-17-62(56)68/h7-10,14-29,32-35,37-38,48-49H,11-13,30-31,36,39-40H2,1-6H3. The summed E-state index contributed by atoms with van der Waals surface area (Å²) in [6, 6.07) is 61.0. The van der Waals surface area contributed by atoms with Crippen molar-refractivity contribution in [1.82, 2.24) is 0 Å². The van der Waals surface area contributed by atoms with Gasteiger partial charge < -0.3 is 4.42 Å². The van der Waals surface area contributed by atoms with Crippen LogP contribution < -0.4 is 16.4 Å². The molecule has 12 rings (SSSR count). The number of aryl methyl sites for hydroxylation is 7. The first kappa shape index (κ1) is 43.2. The molecule has 2 aromatic heterocycles. The van der Waals surface area contributed by atoms with Crippen LogP contribution in [0.25, 0.3) is 59.4 Å². The van der Waals surface area contributed by atoms with Crippen LogP contribution in [0.15, 0.2) is 162 Å². The van der Waals surface area contributed by atoms with E-state index in [4.69, 9.17) is 4.42 Å². The van der Waals surface area contributed by atoms with Crippen LogP contribution in [-0.4, -0.2) is 6.71 Å². The summed E-state index contributed by atoms with van der Waals surface area (Å²) >= 11 is 0. The Morgan fingerprint density at radius 1 is 0.529 bits per heavy atom. The molecule has 10 aromatic rings. The highest BCUT2D eigenvalue weighted by atomic mass is 31.1. The first-order valence-electron chi connectivity index (χ1n) is 25.4. The molecule has 2 unspecified atom stereocenters. The van der Waals surface area contributed by atoms with E-state index in [1.165, 1.54) is 148 Å². The average Bonchev–Trinajstić information content (AvgIpc) is 3.87. The Kier molecular flexibility index (Phi) is 10.9. The summed E-state index contributed by atoms with van der Waals surface area (Å²) in [4.78, 5) is 0. The number of furan rings is 1. The lowest BCUT2D eigenvalue weighted by atomic mass is 9.34. The van der Waals surface area contributed by atoms with Gasteiger partial charge in [0.1, 0.15) is 11.2 Å². The van der Waals surface area contributed by atoms with Crippen LogP contribution >= 0.6 is 7.53 Å². The van der Waals surface area contributed by atoms with Crippen LogP contribution in [0, 0.1) is 53.4 Å². The molecule has 0 aliphatic heterocycles. The molecule has 1 nitrogen and oxygen atoms in total. The van der Waals surface area contributed by atoms with E-state index < -0.39 is 7.53 Å². The second-order valence-corrected chi connectivity index (χ2v) is 23.5. The molecule has 0 amide bonds. The van der Waals surface area contributed by atoms with Crippen molar-refractivity contribution < 1.29 is 4.42 Å². The molecule has 2 fully saturated rings. The summed E-state index contributed by atoms with van der Waals surface area (Å²) in [7, 11) is -0.531. The molecule has 2 bridgehead atoms. The minimum absolute atomic E-state index is 0.112. The van der Waals surface area contributed by atoms with Gasteiger partial charge in [-0.3, -0.25) is 0 Å². The number of rotatable bonds is 9. The molecule has 0 saturated heterocycles. The molecule has 8 aromatic carbocycles. The van der Waals surface area contributed by atoms with Gasteiger partial charge in [0.15, 0.2) is 0 Å². The van der Waals surface area contributed by atoms with Gasteiger partial charge in [0.05, 0.1) is 0 Å². The van der Waals surface area contributed by atoms with Crippen molar-refractivity contribution in [3.05, 3.63) is 202 Å². The van der Waals surface area contributed by atoms with Crippen molar-refractivity contribution >= 4 is 73.6 Å². The fourth-order valence-electron chi connectivity index (χ4n) is 13.9. The van der Waals surface area contributed by atoms with E-state index in [0.29, 0.717) is 0 Å². The summed E-state index contributed by atoms with van der Waals surface area (Å²) in [5.41, 5.74) is 19.8. The van der Waals surface area contributed by atoms with Crippen molar-refractivity contribution in [3.63, 3.8) is 0 Å². The molecular weight excluding hydrogens is 838 g/mol. The van der Waals surface area contributed by atoms with E-state index in [1.807, 2.05) is 0 Å². The molecule has 2 saturated carbocycles. The normalized spacial score (nSPS) is 18.3. The number of benzene rings is 8. The second-order valence-electron chi connectivity index (χ2n) is 21.3. The minimum Gasteiger partial charge on any atom is -0.456 e. The lowest BCUT2D eigenvalue weighted by molar-refractivity contribution is 0.103. The number of hydrogen-bond acceptors (Lipinski definition) is 1. The van der Waals surface area contributed by atoms with Gasteiger partial charge in [-0.15, -0.1) is 0 Å². The molecule has 68 heavy (non-hydrogen) atoms.